The molecule has 1 fully saturated rings. The third kappa shape index (κ3) is 4.98. The topological polar surface area (TPSA) is 53.9 Å². The van der Waals surface area contributed by atoms with Gasteiger partial charge >= 0.3 is 0 Å². The summed E-state index contributed by atoms with van der Waals surface area (Å²) in [7, 11) is 0. The van der Waals surface area contributed by atoms with E-state index in [4.69, 9.17) is 0 Å². The van der Waals surface area contributed by atoms with E-state index in [-0.39, 0.29) is 11.7 Å². The number of anilines is 2. The number of quaternary nitrogens is 1. The summed E-state index contributed by atoms with van der Waals surface area (Å²) in [4.78, 5) is 27.6. The Morgan fingerprint density at radius 1 is 1.04 bits per heavy atom. The standard InChI is InChI=1S/C23H29N3O2/c1-17(2)21-6-4-5-7-22(21)24-23(28)16-25-12-14-26(15-13-25)20-10-8-19(9-11-20)18(3)27/h4-11,17H,12-16H2,1-3H3,(H,24,28)/p+1. The molecule has 5 heteroatoms. The minimum Gasteiger partial charge on any atom is -0.360 e. The molecule has 0 bridgehead atoms. The van der Waals surface area contributed by atoms with Crippen LogP contribution in [0.5, 0.6) is 0 Å². The fourth-order valence-corrected chi connectivity index (χ4v) is 3.70. The van der Waals surface area contributed by atoms with Gasteiger partial charge in [0.05, 0.1) is 26.2 Å². The molecule has 3 rings (SSSR count). The summed E-state index contributed by atoms with van der Waals surface area (Å²) >= 11 is 0. The molecule has 2 N–H and O–H groups in total. The van der Waals surface area contributed by atoms with Gasteiger partial charge < -0.3 is 15.1 Å². The Morgan fingerprint density at radius 3 is 2.29 bits per heavy atom. The fourth-order valence-electron chi connectivity index (χ4n) is 3.70. The molecule has 5 nitrogen and oxygen atoms in total. The number of piperazine rings is 1. The third-order valence-electron chi connectivity index (χ3n) is 5.38. The predicted octanol–water partition coefficient (Wildman–Crippen LogP) is 2.36. The first kappa shape index (κ1) is 20.1. The zero-order valence-corrected chi connectivity index (χ0v) is 17.0. The average Bonchev–Trinajstić information content (AvgIpc) is 2.69. The number of carbonyl (C=O) groups is 2. The van der Waals surface area contributed by atoms with Crippen LogP contribution in [0, 0.1) is 0 Å². The van der Waals surface area contributed by atoms with Gasteiger partial charge in [0.25, 0.3) is 5.91 Å². The van der Waals surface area contributed by atoms with E-state index in [1.165, 1.54) is 10.5 Å². The van der Waals surface area contributed by atoms with Crippen molar-refractivity contribution < 1.29 is 14.5 Å². The molecule has 2 aromatic carbocycles. The van der Waals surface area contributed by atoms with E-state index in [0.717, 1.165) is 43.1 Å². The minimum absolute atomic E-state index is 0.0716. The van der Waals surface area contributed by atoms with E-state index < -0.39 is 0 Å². The largest absolute Gasteiger partial charge is 0.360 e. The Morgan fingerprint density at radius 2 is 1.68 bits per heavy atom. The Labute approximate surface area is 167 Å². The van der Waals surface area contributed by atoms with Crippen molar-refractivity contribution in [2.75, 3.05) is 42.9 Å². The summed E-state index contributed by atoms with van der Waals surface area (Å²) in [6, 6.07) is 15.8. The van der Waals surface area contributed by atoms with Crippen molar-refractivity contribution in [1.82, 2.24) is 0 Å². The zero-order valence-electron chi connectivity index (χ0n) is 17.0. The Bertz CT molecular complexity index is 822. The molecule has 0 saturated carbocycles. The number of rotatable bonds is 6. The van der Waals surface area contributed by atoms with Crippen LogP contribution in [0.2, 0.25) is 0 Å². The molecule has 0 aromatic heterocycles. The molecule has 1 aliphatic heterocycles. The van der Waals surface area contributed by atoms with Crippen molar-refractivity contribution in [1.29, 1.82) is 0 Å². The van der Waals surface area contributed by atoms with Crippen LogP contribution in [0.15, 0.2) is 48.5 Å². The molecule has 148 valence electrons. The van der Waals surface area contributed by atoms with Crippen LogP contribution in [0.1, 0.15) is 42.6 Å². The lowest BCUT2D eigenvalue weighted by Gasteiger charge is -2.33. The maximum atomic E-state index is 12.5. The number of benzene rings is 2. The van der Waals surface area contributed by atoms with E-state index in [9.17, 15) is 9.59 Å². The molecule has 1 heterocycles. The van der Waals surface area contributed by atoms with Crippen LogP contribution in [-0.4, -0.2) is 44.4 Å². The fraction of sp³-hybridized carbons (Fsp3) is 0.391. The van der Waals surface area contributed by atoms with Gasteiger partial charge in [0.15, 0.2) is 12.3 Å². The van der Waals surface area contributed by atoms with E-state index in [0.29, 0.717) is 12.5 Å². The summed E-state index contributed by atoms with van der Waals surface area (Å²) < 4.78 is 0. The molecule has 1 saturated heterocycles. The Balaban J connectivity index is 1.51. The monoisotopic (exact) mass is 380 g/mol. The molecule has 28 heavy (non-hydrogen) atoms. The molecule has 1 aliphatic rings. The van der Waals surface area contributed by atoms with Crippen molar-refractivity contribution in [2.24, 2.45) is 0 Å². The number of carbonyl (C=O) groups excluding carboxylic acids is 2. The van der Waals surface area contributed by atoms with Crippen molar-refractivity contribution >= 4 is 23.1 Å². The van der Waals surface area contributed by atoms with Gasteiger partial charge in [-0.25, -0.2) is 0 Å². The molecular weight excluding hydrogens is 350 g/mol. The lowest BCUT2D eigenvalue weighted by atomic mass is 10.0. The molecule has 0 atom stereocenters. The number of nitrogens with zero attached hydrogens (tertiary/aromatic N) is 1. The molecule has 0 radical (unpaired) electrons. The van der Waals surface area contributed by atoms with Gasteiger partial charge in [-0.3, -0.25) is 9.59 Å². The lowest BCUT2D eigenvalue weighted by Crippen LogP contribution is -3.15. The molecule has 0 unspecified atom stereocenters. The van der Waals surface area contributed by atoms with E-state index in [1.54, 1.807) is 6.92 Å². The van der Waals surface area contributed by atoms with Crippen LogP contribution in [0.25, 0.3) is 0 Å². The number of Topliss-reactive ketones (excluding diaryl/α,β-unsaturated/α-hetero) is 1. The number of nitrogens with one attached hydrogen (secondary N) is 2. The second-order valence-electron chi connectivity index (χ2n) is 7.81. The summed E-state index contributed by atoms with van der Waals surface area (Å²) in [6.07, 6.45) is 0. The highest BCUT2D eigenvalue weighted by Gasteiger charge is 2.23. The summed E-state index contributed by atoms with van der Waals surface area (Å²) in [6.45, 7) is 10.0. The summed E-state index contributed by atoms with van der Waals surface area (Å²) in [5.41, 5.74) is 3.97. The normalized spacial score (nSPS) is 14.9. The first-order valence-electron chi connectivity index (χ1n) is 10.0. The van der Waals surface area contributed by atoms with E-state index in [2.05, 4.69) is 30.1 Å². The third-order valence-corrected chi connectivity index (χ3v) is 5.38. The van der Waals surface area contributed by atoms with Crippen LogP contribution < -0.4 is 15.1 Å². The van der Waals surface area contributed by atoms with Crippen LogP contribution >= 0.6 is 0 Å². The predicted molar refractivity (Wildman–Crippen MR) is 113 cm³/mol. The van der Waals surface area contributed by atoms with Crippen molar-refractivity contribution in [2.45, 2.75) is 26.7 Å². The summed E-state index contributed by atoms with van der Waals surface area (Å²) in [5, 5.41) is 3.09. The highest BCUT2D eigenvalue weighted by atomic mass is 16.2. The van der Waals surface area contributed by atoms with Gasteiger partial charge in [-0.1, -0.05) is 32.0 Å². The molecule has 0 aliphatic carbocycles. The second kappa shape index (κ2) is 9.02. The lowest BCUT2D eigenvalue weighted by molar-refractivity contribution is -0.892. The van der Waals surface area contributed by atoms with Crippen LogP contribution in [0.3, 0.4) is 0 Å². The molecule has 0 spiro atoms. The van der Waals surface area contributed by atoms with Crippen LogP contribution in [0.4, 0.5) is 11.4 Å². The van der Waals surface area contributed by atoms with Gasteiger partial charge in [0.2, 0.25) is 0 Å². The number of para-hydroxylation sites is 1. The number of hydrogen-bond donors (Lipinski definition) is 2. The van der Waals surface area contributed by atoms with E-state index >= 15 is 0 Å². The minimum atomic E-state index is 0.0716. The molecule has 2 aromatic rings. The first-order valence-corrected chi connectivity index (χ1v) is 10.0. The van der Waals surface area contributed by atoms with Gasteiger partial charge in [-0.15, -0.1) is 0 Å². The Kier molecular flexibility index (Phi) is 6.47. The number of ketones is 1. The summed E-state index contributed by atoms with van der Waals surface area (Å²) in [5.74, 6) is 0.537. The number of hydrogen-bond acceptors (Lipinski definition) is 3. The first-order chi connectivity index (χ1) is 13.4. The van der Waals surface area contributed by atoms with Crippen molar-refractivity contribution in [3.63, 3.8) is 0 Å². The average molecular weight is 381 g/mol. The highest BCUT2D eigenvalue weighted by molar-refractivity contribution is 5.94. The smallest absolute Gasteiger partial charge is 0.279 e. The highest BCUT2D eigenvalue weighted by Crippen LogP contribution is 2.23. The SMILES string of the molecule is CC(=O)c1ccc(N2CC[NH+](CC(=O)Nc3ccccc3C(C)C)CC2)cc1. The molecular formula is C23H30N3O2+. The zero-order chi connectivity index (χ0) is 20.1. The van der Waals surface area contributed by atoms with Crippen molar-refractivity contribution in [3.8, 4) is 0 Å². The van der Waals surface area contributed by atoms with Crippen molar-refractivity contribution in [3.05, 3.63) is 59.7 Å². The van der Waals surface area contributed by atoms with Gasteiger partial charge in [0, 0.05) is 16.9 Å². The van der Waals surface area contributed by atoms with Gasteiger partial charge in [0.1, 0.15) is 0 Å². The van der Waals surface area contributed by atoms with Gasteiger partial charge in [-0.2, -0.15) is 0 Å². The number of amides is 1. The maximum Gasteiger partial charge on any atom is 0.279 e. The van der Waals surface area contributed by atoms with E-state index in [1.807, 2.05) is 42.5 Å². The second-order valence-corrected chi connectivity index (χ2v) is 7.81. The Hall–Kier alpha value is -2.66. The van der Waals surface area contributed by atoms with Gasteiger partial charge in [-0.05, 0) is 48.7 Å². The quantitative estimate of drug-likeness (QED) is 0.757. The van der Waals surface area contributed by atoms with Crippen LogP contribution in [-0.2, 0) is 4.79 Å². The molecule has 1 amide bonds. The maximum absolute atomic E-state index is 12.5.